The zero-order valence-corrected chi connectivity index (χ0v) is 19.1. The van der Waals surface area contributed by atoms with E-state index in [-0.39, 0.29) is 23.7 Å². The fourth-order valence-corrected chi connectivity index (χ4v) is 5.20. The van der Waals surface area contributed by atoms with Gasteiger partial charge >= 0.3 is 0 Å². The number of carbonyl (C=O) groups is 2. The zero-order valence-electron chi connectivity index (χ0n) is 18.3. The molecule has 9 heteroatoms. The lowest BCUT2D eigenvalue weighted by molar-refractivity contribution is -0.117. The predicted octanol–water partition coefficient (Wildman–Crippen LogP) is 3.22. The van der Waals surface area contributed by atoms with Crippen LogP contribution in [-0.4, -0.2) is 70.3 Å². The van der Waals surface area contributed by atoms with Crippen LogP contribution in [0.4, 0.5) is 10.1 Å². The summed E-state index contributed by atoms with van der Waals surface area (Å²) in [7, 11) is 0. The fraction of sp³-hybridized carbons (Fsp3) is 0.333. The second kappa shape index (κ2) is 8.99. The van der Waals surface area contributed by atoms with Gasteiger partial charge in [-0.15, -0.1) is 11.3 Å². The maximum Gasteiger partial charge on any atom is 0.282 e. The first kappa shape index (κ1) is 21.7. The minimum atomic E-state index is -0.334. The minimum absolute atomic E-state index is 0.0293. The van der Waals surface area contributed by atoms with Gasteiger partial charge in [-0.05, 0) is 31.2 Å². The molecule has 2 aromatic heterocycles. The number of pyridine rings is 1. The first-order valence-electron chi connectivity index (χ1n) is 11.0. The second-order valence-corrected chi connectivity index (χ2v) is 9.22. The highest BCUT2D eigenvalue weighted by Gasteiger charge is 2.36. The molecule has 0 N–H and O–H groups in total. The number of benzene rings is 1. The maximum atomic E-state index is 14.6. The van der Waals surface area contributed by atoms with E-state index < -0.39 is 0 Å². The lowest BCUT2D eigenvalue weighted by Gasteiger charge is -2.37. The van der Waals surface area contributed by atoms with E-state index in [0.717, 1.165) is 11.3 Å². The van der Waals surface area contributed by atoms with Crippen LogP contribution in [0.2, 0.25) is 0 Å². The molecule has 2 amide bonds. The number of hydrogen-bond donors (Lipinski definition) is 0. The zero-order chi connectivity index (χ0) is 22.9. The van der Waals surface area contributed by atoms with Gasteiger partial charge in [0.2, 0.25) is 5.91 Å². The smallest absolute Gasteiger partial charge is 0.282 e. The first-order chi connectivity index (χ1) is 16.0. The summed E-state index contributed by atoms with van der Waals surface area (Å²) in [4.78, 5) is 39.6. The van der Waals surface area contributed by atoms with Crippen molar-refractivity contribution in [2.75, 3.05) is 37.6 Å². The third kappa shape index (κ3) is 4.26. The van der Waals surface area contributed by atoms with Crippen LogP contribution in [-0.2, 0) is 4.79 Å². The quantitative estimate of drug-likeness (QED) is 0.592. The third-order valence-corrected chi connectivity index (χ3v) is 7.16. The fourth-order valence-electron chi connectivity index (χ4n) is 4.59. The molecule has 2 fully saturated rings. The van der Waals surface area contributed by atoms with Gasteiger partial charge in [0.15, 0.2) is 5.01 Å². The number of piperazine rings is 1. The largest absolute Gasteiger partial charge is 0.334 e. The Labute approximate surface area is 195 Å². The van der Waals surface area contributed by atoms with Crippen molar-refractivity contribution in [2.45, 2.75) is 19.4 Å². The Bertz CT molecular complexity index is 1180. The van der Waals surface area contributed by atoms with Crippen LogP contribution in [0.25, 0.3) is 11.1 Å². The second-order valence-electron chi connectivity index (χ2n) is 8.33. The van der Waals surface area contributed by atoms with Crippen LogP contribution in [0, 0.1) is 12.7 Å². The molecule has 0 radical (unpaired) electrons. The Kier molecular flexibility index (Phi) is 5.90. The van der Waals surface area contributed by atoms with E-state index in [1.54, 1.807) is 40.9 Å². The highest BCUT2D eigenvalue weighted by atomic mass is 32.1. The Morgan fingerprint density at radius 3 is 2.64 bits per heavy atom. The molecule has 0 bridgehead atoms. The summed E-state index contributed by atoms with van der Waals surface area (Å²) in [6.45, 7) is 5.06. The van der Waals surface area contributed by atoms with Gasteiger partial charge in [-0.3, -0.25) is 19.5 Å². The number of aryl methyl sites for hydroxylation is 1. The number of amides is 2. The molecule has 1 unspecified atom stereocenters. The van der Waals surface area contributed by atoms with Crippen LogP contribution in [0.1, 0.15) is 21.9 Å². The van der Waals surface area contributed by atoms with Crippen LogP contribution < -0.4 is 4.90 Å². The van der Waals surface area contributed by atoms with Crippen molar-refractivity contribution in [3.63, 3.8) is 0 Å². The van der Waals surface area contributed by atoms with Gasteiger partial charge < -0.3 is 9.80 Å². The molecule has 0 spiro atoms. The van der Waals surface area contributed by atoms with Crippen molar-refractivity contribution in [2.24, 2.45) is 0 Å². The molecule has 0 saturated carbocycles. The predicted molar refractivity (Wildman–Crippen MR) is 125 cm³/mol. The van der Waals surface area contributed by atoms with Crippen molar-refractivity contribution >= 4 is 28.8 Å². The molecule has 7 nitrogen and oxygen atoms in total. The standard InChI is InChI=1S/C24H24FN5O2S/c1-16-19(3-2-6-26-16)20-13-17(4-5-21(20)25)30-15-18(14-22(30)31)28-8-10-29(11-9-28)24(32)23-27-7-12-33-23/h2-7,12-13,18H,8-11,14-15H2,1H3. The number of nitrogens with zero attached hydrogens (tertiary/aromatic N) is 5. The summed E-state index contributed by atoms with van der Waals surface area (Å²) in [5.41, 5.74) is 2.61. The SMILES string of the molecule is Cc1ncccc1-c1cc(N2CC(N3CCN(C(=O)c4nccs4)CC3)CC2=O)ccc1F. The summed E-state index contributed by atoms with van der Waals surface area (Å²) < 4.78 is 14.6. The van der Waals surface area contributed by atoms with E-state index in [1.165, 1.54) is 17.4 Å². The van der Waals surface area contributed by atoms with Crippen molar-refractivity contribution in [1.29, 1.82) is 0 Å². The number of halogens is 1. The maximum absolute atomic E-state index is 14.6. The Morgan fingerprint density at radius 1 is 1.09 bits per heavy atom. The van der Waals surface area contributed by atoms with Crippen LogP contribution in [0.3, 0.4) is 0 Å². The molecule has 3 aromatic rings. The number of rotatable bonds is 4. The molecule has 2 saturated heterocycles. The Hall–Kier alpha value is -3.17. The lowest BCUT2D eigenvalue weighted by atomic mass is 10.0. The van der Waals surface area contributed by atoms with Crippen molar-refractivity contribution < 1.29 is 14.0 Å². The summed E-state index contributed by atoms with van der Waals surface area (Å²) in [6, 6.07) is 8.51. The summed E-state index contributed by atoms with van der Waals surface area (Å²) >= 11 is 1.35. The average Bonchev–Trinajstić information content (AvgIpc) is 3.50. The van der Waals surface area contributed by atoms with E-state index in [2.05, 4.69) is 14.9 Å². The molecule has 1 aromatic carbocycles. The van der Waals surface area contributed by atoms with Gasteiger partial charge in [-0.1, -0.05) is 6.07 Å². The number of thiazole rings is 1. The normalized spacial score (nSPS) is 19.3. The van der Waals surface area contributed by atoms with Crippen molar-refractivity contribution in [3.8, 4) is 11.1 Å². The Morgan fingerprint density at radius 2 is 1.91 bits per heavy atom. The molecule has 2 aliphatic rings. The van der Waals surface area contributed by atoms with Gasteiger partial charge in [0.1, 0.15) is 5.82 Å². The van der Waals surface area contributed by atoms with Gasteiger partial charge in [0, 0.05) is 85.5 Å². The van der Waals surface area contributed by atoms with Gasteiger partial charge in [-0.25, -0.2) is 9.37 Å². The van der Waals surface area contributed by atoms with Gasteiger partial charge in [-0.2, -0.15) is 0 Å². The van der Waals surface area contributed by atoms with Crippen LogP contribution in [0.15, 0.2) is 48.1 Å². The lowest BCUT2D eigenvalue weighted by Crippen LogP contribution is -2.52. The van der Waals surface area contributed by atoms with E-state index in [9.17, 15) is 14.0 Å². The number of aromatic nitrogens is 2. The summed E-state index contributed by atoms with van der Waals surface area (Å²) in [5, 5.41) is 2.32. The highest BCUT2D eigenvalue weighted by molar-refractivity contribution is 7.11. The Balaban J connectivity index is 1.27. The molecule has 170 valence electrons. The van der Waals surface area contributed by atoms with Crippen molar-refractivity contribution in [1.82, 2.24) is 19.8 Å². The van der Waals surface area contributed by atoms with Crippen molar-refractivity contribution in [3.05, 3.63) is 64.6 Å². The molecule has 33 heavy (non-hydrogen) atoms. The molecular formula is C24H24FN5O2S. The molecule has 2 aliphatic heterocycles. The van der Waals surface area contributed by atoms with Gasteiger partial charge in [0.25, 0.3) is 5.91 Å². The van der Waals surface area contributed by atoms with Crippen LogP contribution >= 0.6 is 11.3 Å². The number of anilines is 1. The van der Waals surface area contributed by atoms with E-state index in [1.807, 2.05) is 17.9 Å². The number of hydrogen-bond acceptors (Lipinski definition) is 6. The van der Waals surface area contributed by atoms with Gasteiger partial charge in [0.05, 0.1) is 0 Å². The topological polar surface area (TPSA) is 69.6 Å². The monoisotopic (exact) mass is 465 g/mol. The van der Waals surface area contributed by atoms with E-state index >= 15 is 0 Å². The minimum Gasteiger partial charge on any atom is -0.334 e. The number of carbonyl (C=O) groups excluding carboxylic acids is 2. The van der Waals surface area contributed by atoms with E-state index in [4.69, 9.17) is 0 Å². The molecule has 5 rings (SSSR count). The molecule has 1 atom stereocenters. The van der Waals surface area contributed by atoms with E-state index in [0.29, 0.717) is 55.4 Å². The third-order valence-electron chi connectivity index (χ3n) is 6.40. The molecule has 0 aliphatic carbocycles. The van der Waals surface area contributed by atoms with Crippen LogP contribution in [0.5, 0.6) is 0 Å². The first-order valence-corrected chi connectivity index (χ1v) is 11.8. The highest BCUT2D eigenvalue weighted by Crippen LogP contribution is 2.32. The average molecular weight is 466 g/mol. The molecule has 4 heterocycles. The molecular weight excluding hydrogens is 441 g/mol. The summed E-state index contributed by atoms with van der Waals surface area (Å²) in [5.74, 6) is -0.334. The summed E-state index contributed by atoms with van der Waals surface area (Å²) in [6.07, 6.45) is 3.74.